The summed E-state index contributed by atoms with van der Waals surface area (Å²) in [4.78, 5) is 19.4. The van der Waals surface area contributed by atoms with Crippen LogP contribution in [0.15, 0.2) is 34.4 Å². The summed E-state index contributed by atoms with van der Waals surface area (Å²) in [5.74, 6) is 1.35. The van der Waals surface area contributed by atoms with Gasteiger partial charge in [0.2, 0.25) is 5.96 Å². The number of fused-ring (bicyclic) bond motifs is 1. The number of carbonyl (C=O) groups excluding carboxylic acids is 1. The molecule has 2 unspecified atom stereocenters. The highest BCUT2D eigenvalue weighted by Crippen LogP contribution is 2.22. The van der Waals surface area contributed by atoms with Crippen molar-refractivity contribution in [2.24, 2.45) is 10.1 Å². The zero-order valence-electron chi connectivity index (χ0n) is 12.6. The van der Waals surface area contributed by atoms with Crippen LogP contribution in [0.1, 0.15) is 5.56 Å². The summed E-state index contributed by atoms with van der Waals surface area (Å²) in [5, 5.41) is 7.28. The van der Waals surface area contributed by atoms with E-state index in [2.05, 4.69) is 20.8 Å². The average molecular weight is 302 g/mol. The molecule has 1 fully saturated rings. The number of hydrazone groups is 1. The lowest BCUT2D eigenvalue weighted by atomic mass is 10.2. The molecule has 8 nitrogen and oxygen atoms in total. The molecule has 0 spiro atoms. The first kappa shape index (κ1) is 14.2. The Balaban J connectivity index is 1.60. The minimum absolute atomic E-state index is 0.0490. The number of carbonyl (C=O) groups is 1. The lowest BCUT2D eigenvalue weighted by Gasteiger charge is -2.16. The Morgan fingerprint density at radius 1 is 1.32 bits per heavy atom. The van der Waals surface area contributed by atoms with Gasteiger partial charge in [-0.15, -0.1) is 0 Å². The van der Waals surface area contributed by atoms with Gasteiger partial charge in [0.25, 0.3) is 0 Å². The van der Waals surface area contributed by atoms with Crippen molar-refractivity contribution in [3.8, 4) is 5.75 Å². The topological polar surface area (TPSA) is 81.6 Å². The Morgan fingerprint density at radius 2 is 2.05 bits per heavy atom. The Hall–Kier alpha value is -2.77. The van der Waals surface area contributed by atoms with Crippen LogP contribution in [0.2, 0.25) is 0 Å². The molecular weight excluding hydrogens is 284 g/mol. The van der Waals surface area contributed by atoms with Crippen molar-refractivity contribution in [2.45, 2.75) is 12.3 Å². The fourth-order valence-electron chi connectivity index (χ4n) is 2.45. The van der Waals surface area contributed by atoms with Gasteiger partial charge in [-0.25, -0.2) is 15.2 Å². The van der Waals surface area contributed by atoms with Gasteiger partial charge in [-0.3, -0.25) is 0 Å². The van der Waals surface area contributed by atoms with Crippen LogP contribution >= 0.6 is 0 Å². The second kappa shape index (κ2) is 5.55. The van der Waals surface area contributed by atoms with Gasteiger partial charge < -0.3 is 19.9 Å². The van der Waals surface area contributed by atoms with E-state index in [4.69, 9.17) is 4.74 Å². The number of ether oxygens (including phenoxy) is 1. The number of rotatable bonds is 3. The van der Waals surface area contributed by atoms with Gasteiger partial charge in [-0.05, 0) is 29.8 Å². The number of urea groups is 1. The summed E-state index contributed by atoms with van der Waals surface area (Å²) in [6, 6.07) is 7.50. The summed E-state index contributed by atoms with van der Waals surface area (Å²) >= 11 is 0. The quantitative estimate of drug-likeness (QED) is 0.618. The van der Waals surface area contributed by atoms with Crippen molar-refractivity contribution < 1.29 is 9.53 Å². The first-order valence-corrected chi connectivity index (χ1v) is 6.87. The van der Waals surface area contributed by atoms with Crippen LogP contribution in [0.25, 0.3) is 0 Å². The first-order chi connectivity index (χ1) is 10.6. The highest BCUT2D eigenvalue weighted by atomic mass is 16.5. The number of likely N-dealkylation sites (N-methyl/N-ethyl adjacent to an activating group) is 2. The van der Waals surface area contributed by atoms with Crippen molar-refractivity contribution in [1.29, 1.82) is 0 Å². The van der Waals surface area contributed by atoms with Crippen molar-refractivity contribution in [3.05, 3.63) is 29.8 Å². The van der Waals surface area contributed by atoms with Gasteiger partial charge in [0, 0.05) is 14.1 Å². The van der Waals surface area contributed by atoms with Gasteiger partial charge >= 0.3 is 6.03 Å². The summed E-state index contributed by atoms with van der Waals surface area (Å²) < 4.78 is 5.10. The highest BCUT2D eigenvalue weighted by molar-refractivity contribution is 5.88. The number of amides is 2. The lowest BCUT2D eigenvalue weighted by molar-refractivity contribution is 0.198. The van der Waals surface area contributed by atoms with Crippen LogP contribution in [-0.4, -0.2) is 61.5 Å². The van der Waals surface area contributed by atoms with Crippen LogP contribution in [0.4, 0.5) is 4.79 Å². The third kappa shape index (κ3) is 2.43. The van der Waals surface area contributed by atoms with Crippen LogP contribution in [0.3, 0.4) is 0 Å². The third-order valence-corrected chi connectivity index (χ3v) is 3.75. The van der Waals surface area contributed by atoms with Crippen LogP contribution in [0.5, 0.6) is 5.75 Å². The maximum atomic E-state index is 11.8. The number of guanidine groups is 1. The fourth-order valence-corrected chi connectivity index (χ4v) is 2.45. The predicted molar refractivity (Wildman–Crippen MR) is 82.8 cm³/mol. The van der Waals surface area contributed by atoms with Gasteiger partial charge in [-0.2, -0.15) is 5.10 Å². The van der Waals surface area contributed by atoms with E-state index in [1.165, 1.54) is 0 Å². The zero-order valence-corrected chi connectivity index (χ0v) is 12.6. The van der Waals surface area contributed by atoms with Gasteiger partial charge in [0.15, 0.2) is 6.17 Å². The molecule has 2 N–H and O–H groups in total. The van der Waals surface area contributed by atoms with E-state index in [1.807, 2.05) is 24.3 Å². The maximum Gasteiger partial charge on any atom is 0.323 e. The van der Waals surface area contributed by atoms with E-state index in [0.29, 0.717) is 5.96 Å². The minimum Gasteiger partial charge on any atom is -0.497 e. The van der Waals surface area contributed by atoms with Gasteiger partial charge in [0.05, 0.1) is 13.3 Å². The Bertz CT molecular complexity index is 627. The second-order valence-corrected chi connectivity index (χ2v) is 5.13. The monoisotopic (exact) mass is 302 g/mol. The molecule has 1 aromatic rings. The molecule has 0 bridgehead atoms. The summed E-state index contributed by atoms with van der Waals surface area (Å²) in [5.41, 5.74) is 3.80. The molecule has 2 atom stereocenters. The number of aliphatic imine (C=N–C) groups is 1. The van der Waals surface area contributed by atoms with E-state index < -0.39 is 0 Å². The Kier molecular flexibility index (Phi) is 3.58. The van der Waals surface area contributed by atoms with E-state index in [-0.39, 0.29) is 18.4 Å². The molecule has 0 saturated carbocycles. The van der Waals surface area contributed by atoms with E-state index in [0.717, 1.165) is 11.3 Å². The molecule has 3 rings (SSSR count). The number of hydrogen-bond acceptors (Lipinski definition) is 6. The average Bonchev–Trinajstić information content (AvgIpc) is 3.04. The number of nitrogens with zero attached hydrogens (tertiary/aromatic N) is 4. The molecule has 0 aromatic heterocycles. The Morgan fingerprint density at radius 3 is 2.68 bits per heavy atom. The zero-order chi connectivity index (χ0) is 15.7. The standard InChI is InChI=1S/C14H18N6O2/c1-19-11-12(20(2)14(19)21)17-13(16-11)18-15-8-9-4-6-10(22-3)7-5-9/h4-8,11-12H,1-3H3,(H2,16,17,18)/b15-8+. The third-order valence-electron chi connectivity index (χ3n) is 3.75. The van der Waals surface area contributed by atoms with Crippen LogP contribution < -0.4 is 15.5 Å². The number of benzene rings is 1. The van der Waals surface area contributed by atoms with E-state index in [1.54, 1.807) is 37.2 Å². The molecule has 0 radical (unpaired) electrons. The molecule has 1 aromatic carbocycles. The summed E-state index contributed by atoms with van der Waals surface area (Å²) in [6.45, 7) is 0. The van der Waals surface area contributed by atoms with Crippen LogP contribution in [-0.2, 0) is 0 Å². The Labute approximate surface area is 128 Å². The van der Waals surface area contributed by atoms with E-state index >= 15 is 0 Å². The molecular formula is C14H18N6O2. The molecule has 2 aliphatic heterocycles. The molecule has 116 valence electrons. The molecule has 2 heterocycles. The molecule has 22 heavy (non-hydrogen) atoms. The molecule has 1 saturated heterocycles. The summed E-state index contributed by atoms with van der Waals surface area (Å²) in [7, 11) is 5.11. The maximum absolute atomic E-state index is 11.8. The fraction of sp³-hybridized carbons (Fsp3) is 0.357. The summed E-state index contributed by atoms with van der Waals surface area (Å²) in [6.07, 6.45) is 1.31. The lowest BCUT2D eigenvalue weighted by Crippen LogP contribution is -2.45. The van der Waals surface area contributed by atoms with Crippen molar-refractivity contribution in [1.82, 2.24) is 20.5 Å². The molecule has 0 aliphatic carbocycles. The molecule has 8 heteroatoms. The normalized spacial score (nSPS) is 23.6. The van der Waals surface area contributed by atoms with Crippen LogP contribution in [0, 0.1) is 0 Å². The van der Waals surface area contributed by atoms with Crippen molar-refractivity contribution in [2.75, 3.05) is 21.2 Å². The first-order valence-electron chi connectivity index (χ1n) is 6.87. The highest BCUT2D eigenvalue weighted by Gasteiger charge is 2.45. The van der Waals surface area contributed by atoms with Gasteiger partial charge in [-0.1, -0.05) is 0 Å². The van der Waals surface area contributed by atoms with Crippen molar-refractivity contribution >= 4 is 18.2 Å². The minimum atomic E-state index is -0.226. The van der Waals surface area contributed by atoms with E-state index in [9.17, 15) is 4.79 Å². The van der Waals surface area contributed by atoms with Crippen molar-refractivity contribution in [3.63, 3.8) is 0 Å². The van der Waals surface area contributed by atoms with Gasteiger partial charge in [0.1, 0.15) is 11.9 Å². The number of nitrogens with one attached hydrogen (secondary N) is 2. The largest absolute Gasteiger partial charge is 0.497 e. The number of hydrogen-bond donors (Lipinski definition) is 2. The molecule has 2 aliphatic rings. The second-order valence-electron chi connectivity index (χ2n) is 5.13. The smallest absolute Gasteiger partial charge is 0.323 e. The molecule has 2 amide bonds. The predicted octanol–water partition coefficient (Wildman–Crippen LogP) is 0.227. The number of methoxy groups -OCH3 is 1. The SMILES string of the molecule is COc1ccc(/C=N/NC2=NC3C(N2)N(C)C(=O)N3C)cc1.